The Labute approximate surface area is 173 Å². The van der Waals surface area contributed by atoms with E-state index >= 15 is 0 Å². The fraction of sp³-hybridized carbons (Fsp3) is 0.348. The van der Waals surface area contributed by atoms with E-state index in [-0.39, 0.29) is 0 Å². The van der Waals surface area contributed by atoms with Crippen LogP contribution in [0.4, 0.5) is 5.69 Å². The van der Waals surface area contributed by atoms with Crippen molar-refractivity contribution in [1.29, 1.82) is 0 Å². The highest BCUT2D eigenvalue weighted by Crippen LogP contribution is 2.26. The van der Waals surface area contributed by atoms with Gasteiger partial charge in [0.25, 0.3) is 0 Å². The van der Waals surface area contributed by atoms with Crippen LogP contribution < -0.4 is 10.1 Å². The van der Waals surface area contributed by atoms with Crippen molar-refractivity contribution in [3.05, 3.63) is 60.3 Å². The summed E-state index contributed by atoms with van der Waals surface area (Å²) in [5.41, 5.74) is 3.45. The molecule has 4 nitrogen and oxygen atoms in total. The third-order valence-corrected chi connectivity index (χ3v) is 5.62. The fourth-order valence-corrected chi connectivity index (χ4v) is 3.83. The molecular formula is C23H29N3OS. The van der Waals surface area contributed by atoms with E-state index in [4.69, 9.17) is 17.0 Å². The van der Waals surface area contributed by atoms with E-state index in [1.165, 1.54) is 16.5 Å². The highest BCUT2D eigenvalue weighted by atomic mass is 32.1. The second-order valence-corrected chi connectivity index (χ2v) is 7.36. The Bertz CT molecular complexity index is 950. The predicted molar refractivity (Wildman–Crippen MR) is 122 cm³/mol. The lowest BCUT2D eigenvalue weighted by Gasteiger charge is -2.31. The Morgan fingerprint density at radius 2 is 1.86 bits per heavy atom. The van der Waals surface area contributed by atoms with Crippen molar-refractivity contribution >= 4 is 33.9 Å². The van der Waals surface area contributed by atoms with Gasteiger partial charge in [0, 0.05) is 36.2 Å². The van der Waals surface area contributed by atoms with E-state index in [9.17, 15) is 0 Å². The minimum Gasteiger partial charge on any atom is -0.495 e. The number of rotatable bonds is 7. The molecule has 5 heteroatoms. The number of fused-ring (bicyclic) bond motifs is 1. The minimum atomic E-state index is 0.318. The van der Waals surface area contributed by atoms with Crippen molar-refractivity contribution < 1.29 is 4.74 Å². The molecule has 0 bridgehead atoms. The number of nitrogens with zero attached hydrogens (tertiary/aromatic N) is 2. The van der Waals surface area contributed by atoms with Crippen LogP contribution in [0.5, 0.6) is 5.75 Å². The first-order chi connectivity index (χ1) is 13.6. The maximum atomic E-state index is 5.82. The first-order valence-corrected chi connectivity index (χ1v) is 10.3. The van der Waals surface area contributed by atoms with E-state index < -0.39 is 0 Å². The molecule has 1 atom stereocenters. The summed E-state index contributed by atoms with van der Waals surface area (Å²) >= 11 is 5.82. The van der Waals surface area contributed by atoms with Gasteiger partial charge in [0.2, 0.25) is 0 Å². The molecule has 0 aliphatic heterocycles. The highest BCUT2D eigenvalue weighted by Gasteiger charge is 2.19. The third kappa shape index (κ3) is 4.14. The molecule has 0 radical (unpaired) electrons. The van der Waals surface area contributed by atoms with Crippen LogP contribution in [-0.2, 0) is 13.1 Å². The number of nitrogens with one attached hydrogen (secondary N) is 1. The normalized spacial score (nSPS) is 12.0. The van der Waals surface area contributed by atoms with Gasteiger partial charge in [0.1, 0.15) is 5.75 Å². The molecule has 0 fully saturated rings. The van der Waals surface area contributed by atoms with Gasteiger partial charge in [0.15, 0.2) is 5.11 Å². The number of aromatic nitrogens is 1. The first kappa shape index (κ1) is 20.2. The van der Waals surface area contributed by atoms with Crippen molar-refractivity contribution in [1.82, 2.24) is 9.47 Å². The Hall–Kier alpha value is -2.53. The molecule has 0 aliphatic carbocycles. The number of aryl methyl sites for hydroxylation is 1. The van der Waals surface area contributed by atoms with Gasteiger partial charge in [0.05, 0.1) is 12.8 Å². The lowest BCUT2D eigenvalue weighted by atomic mass is 10.1. The summed E-state index contributed by atoms with van der Waals surface area (Å²) in [6, 6.07) is 16.8. The van der Waals surface area contributed by atoms with Gasteiger partial charge < -0.3 is 19.5 Å². The molecular weight excluding hydrogens is 366 g/mol. The molecule has 3 rings (SSSR count). The number of hydrogen-bond acceptors (Lipinski definition) is 2. The lowest BCUT2D eigenvalue weighted by Crippen LogP contribution is -2.40. The van der Waals surface area contributed by atoms with Gasteiger partial charge in [-0.25, -0.2) is 0 Å². The number of ether oxygens (including phenoxy) is 1. The molecule has 148 valence electrons. The fourth-order valence-electron chi connectivity index (χ4n) is 3.48. The molecule has 0 saturated heterocycles. The summed E-state index contributed by atoms with van der Waals surface area (Å²) in [4.78, 5) is 2.27. The van der Waals surface area contributed by atoms with Crippen molar-refractivity contribution in [2.75, 3.05) is 12.4 Å². The maximum Gasteiger partial charge on any atom is 0.174 e. The van der Waals surface area contributed by atoms with Gasteiger partial charge in [-0.05, 0) is 56.2 Å². The molecule has 3 aromatic rings. The van der Waals surface area contributed by atoms with Crippen LogP contribution >= 0.6 is 12.2 Å². The zero-order chi connectivity index (χ0) is 20.1. The van der Waals surface area contributed by atoms with Crippen molar-refractivity contribution in [2.24, 2.45) is 0 Å². The maximum absolute atomic E-state index is 5.82. The van der Waals surface area contributed by atoms with E-state index in [0.29, 0.717) is 11.2 Å². The van der Waals surface area contributed by atoms with Crippen LogP contribution in [0.25, 0.3) is 10.9 Å². The van der Waals surface area contributed by atoms with Gasteiger partial charge in [-0.15, -0.1) is 0 Å². The summed E-state index contributed by atoms with van der Waals surface area (Å²) < 4.78 is 7.76. The Morgan fingerprint density at radius 3 is 2.57 bits per heavy atom. The van der Waals surface area contributed by atoms with Gasteiger partial charge in [-0.2, -0.15) is 0 Å². The molecule has 0 amide bonds. The molecule has 28 heavy (non-hydrogen) atoms. The van der Waals surface area contributed by atoms with E-state index in [2.05, 4.69) is 66.0 Å². The van der Waals surface area contributed by atoms with E-state index in [1.807, 2.05) is 24.3 Å². The van der Waals surface area contributed by atoms with Crippen LogP contribution in [0.3, 0.4) is 0 Å². The average Bonchev–Trinajstić information content (AvgIpc) is 3.09. The average molecular weight is 396 g/mol. The number of thiocarbonyl (C=S) groups is 1. The van der Waals surface area contributed by atoms with Crippen molar-refractivity contribution in [3.63, 3.8) is 0 Å². The molecule has 0 saturated carbocycles. The number of methoxy groups -OCH3 is 1. The second-order valence-electron chi connectivity index (χ2n) is 6.97. The largest absolute Gasteiger partial charge is 0.495 e. The Kier molecular flexibility index (Phi) is 6.57. The summed E-state index contributed by atoms with van der Waals surface area (Å²) in [6.45, 7) is 8.31. The number of hydrogen-bond donors (Lipinski definition) is 1. The van der Waals surface area contributed by atoms with E-state index in [0.717, 1.165) is 30.9 Å². The van der Waals surface area contributed by atoms with Crippen LogP contribution in [0, 0.1) is 0 Å². The topological polar surface area (TPSA) is 29.4 Å². The molecule has 1 heterocycles. The van der Waals surface area contributed by atoms with Gasteiger partial charge in [-0.1, -0.05) is 37.3 Å². The standard InChI is InChI=1S/C23H29N3OS/c1-5-17(3)26(23(28)24-20-12-8-10-14-22(20)27-4)16-18-15-25(6-2)21-13-9-7-11-19(18)21/h7-15,17H,5-6,16H2,1-4H3,(H,24,28)/t17-/m0/s1. The zero-order valence-corrected chi connectivity index (χ0v) is 17.9. The smallest absolute Gasteiger partial charge is 0.174 e. The molecule has 0 unspecified atom stereocenters. The van der Waals surface area contributed by atoms with Crippen molar-refractivity contribution in [3.8, 4) is 5.75 Å². The summed E-state index contributed by atoms with van der Waals surface area (Å²) in [7, 11) is 1.68. The molecule has 1 aromatic heterocycles. The highest BCUT2D eigenvalue weighted by molar-refractivity contribution is 7.80. The monoisotopic (exact) mass is 395 g/mol. The lowest BCUT2D eigenvalue weighted by molar-refractivity contribution is 0.320. The number of anilines is 1. The number of para-hydroxylation sites is 3. The minimum absolute atomic E-state index is 0.318. The van der Waals surface area contributed by atoms with Crippen LogP contribution in [0.2, 0.25) is 0 Å². The predicted octanol–water partition coefficient (Wildman–Crippen LogP) is 5.67. The van der Waals surface area contributed by atoms with Gasteiger partial charge in [-0.3, -0.25) is 0 Å². The Morgan fingerprint density at radius 1 is 1.14 bits per heavy atom. The summed E-state index contributed by atoms with van der Waals surface area (Å²) in [6.07, 6.45) is 3.27. The van der Waals surface area contributed by atoms with Crippen molar-refractivity contribution in [2.45, 2.75) is 46.3 Å². The second kappa shape index (κ2) is 9.11. The Balaban J connectivity index is 1.90. The first-order valence-electron chi connectivity index (χ1n) is 9.86. The summed E-state index contributed by atoms with van der Waals surface area (Å²) in [5.74, 6) is 0.788. The third-order valence-electron chi connectivity index (χ3n) is 5.28. The molecule has 0 spiro atoms. The SMILES string of the molecule is CC[C@H](C)N(Cc1cn(CC)c2ccccc12)C(=S)Nc1ccccc1OC. The van der Waals surface area contributed by atoms with Crippen LogP contribution in [0.15, 0.2) is 54.7 Å². The quantitative estimate of drug-likeness (QED) is 0.522. The van der Waals surface area contributed by atoms with Crippen LogP contribution in [0.1, 0.15) is 32.8 Å². The zero-order valence-electron chi connectivity index (χ0n) is 17.1. The molecule has 2 aromatic carbocycles. The molecule has 0 aliphatic rings. The number of benzene rings is 2. The molecule has 1 N–H and O–H groups in total. The van der Waals surface area contributed by atoms with Crippen LogP contribution in [-0.4, -0.2) is 27.7 Å². The van der Waals surface area contributed by atoms with E-state index in [1.54, 1.807) is 7.11 Å². The summed E-state index contributed by atoms with van der Waals surface area (Å²) in [5, 5.41) is 5.40. The van der Waals surface area contributed by atoms with Gasteiger partial charge >= 0.3 is 0 Å².